The number of rotatable bonds is 11. The quantitative estimate of drug-likeness (QED) is 0.173. The van der Waals surface area contributed by atoms with Gasteiger partial charge in [0.1, 0.15) is 0 Å². The Bertz CT molecular complexity index is 1070. The van der Waals surface area contributed by atoms with Crippen molar-refractivity contribution in [3.05, 3.63) is 105 Å². The number of non-ortho nitro benzene ring substituents is 1. The van der Waals surface area contributed by atoms with Crippen molar-refractivity contribution < 1.29 is 4.92 Å². The number of nitro benzene ring substituents is 1. The van der Waals surface area contributed by atoms with Crippen molar-refractivity contribution in [1.29, 1.82) is 0 Å². The molecule has 184 valence electrons. The Labute approximate surface area is 209 Å². The van der Waals surface area contributed by atoms with Crippen LogP contribution in [0.3, 0.4) is 0 Å². The van der Waals surface area contributed by atoms with Crippen LogP contribution in [0.1, 0.15) is 86.5 Å². The summed E-state index contributed by atoms with van der Waals surface area (Å²) in [7, 11) is 0. The van der Waals surface area contributed by atoms with Gasteiger partial charge in [0.2, 0.25) is 0 Å². The van der Waals surface area contributed by atoms with E-state index in [4.69, 9.17) is 0 Å². The summed E-state index contributed by atoms with van der Waals surface area (Å²) in [5.41, 5.74) is 5.85. The summed E-state index contributed by atoms with van der Waals surface area (Å²) in [5.74, 6) is 1.60. The molecule has 3 aromatic carbocycles. The number of nitrogens with one attached hydrogen (secondary N) is 1. The summed E-state index contributed by atoms with van der Waals surface area (Å²) >= 11 is 0. The lowest BCUT2D eigenvalue weighted by molar-refractivity contribution is -0.384. The molecule has 0 saturated heterocycles. The molecule has 1 N–H and O–H groups in total. The van der Waals surface area contributed by atoms with E-state index in [1.54, 1.807) is 12.1 Å². The van der Waals surface area contributed by atoms with Crippen LogP contribution >= 0.6 is 0 Å². The van der Waals surface area contributed by atoms with Gasteiger partial charge in [-0.15, -0.1) is 0 Å². The first-order valence-electron chi connectivity index (χ1n) is 13.3. The predicted molar refractivity (Wildman–Crippen MR) is 145 cm³/mol. The Balaban J connectivity index is 1.40. The smallest absolute Gasteiger partial charge is 0.269 e. The second-order valence-electron chi connectivity index (χ2n) is 10.1. The van der Waals surface area contributed by atoms with Gasteiger partial charge < -0.3 is 5.32 Å². The zero-order valence-corrected chi connectivity index (χ0v) is 20.9. The van der Waals surface area contributed by atoms with Gasteiger partial charge in [-0.2, -0.15) is 0 Å². The molecule has 4 rings (SSSR count). The lowest BCUT2D eigenvalue weighted by Crippen LogP contribution is -2.13. The topological polar surface area (TPSA) is 55.2 Å². The van der Waals surface area contributed by atoms with Crippen LogP contribution in [0.5, 0.6) is 0 Å². The average molecular weight is 471 g/mol. The van der Waals surface area contributed by atoms with Crippen LogP contribution in [0, 0.1) is 16.0 Å². The molecule has 35 heavy (non-hydrogen) atoms. The van der Waals surface area contributed by atoms with Gasteiger partial charge in [-0.25, -0.2) is 0 Å². The van der Waals surface area contributed by atoms with Crippen LogP contribution in [0.4, 0.5) is 11.4 Å². The molecule has 0 aliphatic heterocycles. The first kappa shape index (κ1) is 25.0. The lowest BCUT2D eigenvalue weighted by atomic mass is 9.77. The number of hydrogen-bond donors (Lipinski definition) is 1. The van der Waals surface area contributed by atoms with Crippen LogP contribution in [0.2, 0.25) is 0 Å². The molecule has 0 unspecified atom stereocenters. The molecule has 1 saturated carbocycles. The van der Waals surface area contributed by atoms with E-state index in [0.29, 0.717) is 18.9 Å². The molecule has 4 nitrogen and oxygen atoms in total. The zero-order chi connectivity index (χ0) is 24.5. The summed E-state index contributed by atoms with van der Waals surface area (Å²) in [6, 6.07) is 24.3. The first-order valence-corrected chi connectivity index (χ1v) is 13.3. The van der Waals surface area contributed by atoms with Crippen LogP contribution in [-0.4, -0.2) is 4.92 Å². The summed E-state index contributed by atoms with van der Waals surface area (Å²) in [6.07, 6.45) is 11.5. The van der Waals surface area contributed by atoms with E-state index in [-0.39, 0.29) is 10.6 Å². The lowest BCUT2D eigenvalue weighted by Gasteiger charge is -2.29. The van der Waals surface area contributed by atoms with Crippen LogP contribution in [0.25, 0.3) is 0 Å². The highest BCUT2D eigenvalue weighted by Gasteiger charge is 2.22. The van der Waals surface area contributed by atoms with E-state index in [9.17, 15) is 10.1 Å². The molecule has 4 heteroatoms. The molecule has 0 spiro atoms. The Morgan fingerprint density at radius 3 is 2.31 bits per heavy atom. The summed E-state index contributed by atoms with van der Waals surface area (Å²) in [4.78, 5) is 11.1. The number of hydrogen-bond acceptors (Lipinski definition) is 3. The highest BCUT2D eigenvalue weighted by atomic mass is 16.6. The Hall–Kier alpha value is -3.14. The number of benzene rings is 3. The van der Waals surface area contributed by atoms with Gasteiger partial charge in [0.25, 0.3) is 5.69 Å². The third kappa shape index (κ3) is 7.17. The minimum absolute atomic E-state index is 0.137. The molecular formula is C31H38N2O2. The SMILES string of the molecule is CCCCCC1CCC(c2ccc(Cc3cc([N+](=O)[O-])ccc3NCc3ccccc3)cc2)CC1. The molecule has 0 heterocycles. The number of nitrogens with zero attached hydrogens (tertiary/aromatic N) is 1. The molecule has 0 amide bonds. The monoisotopic (exact) mass is 470 g/mol. The average Bonchev–Trinajstić information content (AvgIpc) is 2.89. The minimum Gasteiger partial charge on any atom is -0.381 e. The summed E-state index contributed by atoms with van der Waals surface area (Å²) in [6.45, 7) is 2.97. The molecule has 1 aliphatic carbocycles. The predicted octanol–water partition coefficient (Wildman–Crippen LogP) is 8.65. The van der Waals surface area contributed by atoms with E-state index < -0.39 is 0 Å². The molecule has 3 aromatic rings. The van der Waals surface area contributed by atoms with Gasteiger partial charge >= 0.3 is 0 Å². The number of nitro groups is 1. The third-order valence-electron chi connectivity index (χ3n) is 7.53. The van der Waals surface area contributed by atoms with Crippen molar-refractivity contribution in [2.45, 2.75) is 77.2 Å². The van der Waals surface area contributed by atoms with Crippen LogP contribution < -0.4 is 5.32 Å². The van der Waals surface area contributed by atoms with Crippen molar-refractivity contribution in [3.8, 4) is 0 Å². The van der Waals surface area contributed by atoms with Crippen LogP contribution in [-0.2, 0) is 13.0 Å². The van der Waals surface area contributed by atoms with E-state index in [2.05, 4.69) is 48.6 Å². The van der Waals surface area contributed by atoms with Gasteiger partial charge in [0.15, 0.2) is 0 Å². The fourth-order valence-electron chi connectivity index (χ4n) is 5.40. The van der Waals surface area contributed by atoms with Crippen molar-refractivity contribution in [2.24, 2.45) is 5.92 Å². The maximum Gasteiger partial charge on any atom is 0.269 e. The fourth-order valence-corrected chi connectivity index (χ4v) is 5.40. The van der Waals surface area contributed by atoms with E-state index in [0.717, 1.165) is 17.2 Å². The van der Waals surface area contributed by atoms with Crippen molar-refractivity contribution >= 4 is 11.4 Å². The molecule has 0 atom stereocenters. The van der Waals surface area contributed by atoms with Crippen LogP contribution in [0.15, 0.2) is 72.8 Å². The Morgan fingerprint density at radius 1 is 0.886 bits per heavy atom. The van der Waals surface area contributed by atoms with E-state index in [1.165, 1.54) is 68.1 Å². The second-order valence-corrected chi connectivity index (χ2v) is 10.1. The van der Waals surface area contributed by atoms with Gasteiger partial charge in [0.05, 0.1) is 4.92 Å². The molecule has 0 bridgehead atoms. The van der Waals surface area contributed by atoms with Gasteiger partial charge in [-0.05, 0) is 72.3 Å². The Kier molecular flexibility index (Phi) is 8.94. The van der Waals surface area contributed by atoms with Gasteiger partial charge in [-0.1, -0.05) is 87.2 Å². The number of anilines is 1. The van der Waals surface area contributed by atoms with E-state index >= 15 is 0 Å². The molecular weight excluding hydrogens is 432 g/mol. The first-order chi connectivity index (χ1) is 17.1. The van der Waals surface area contributed by atoms with Gasteiger partial charge in [0, 0.05) is 24.4 Å². The van der Waals surface area contributed by atoms with Gasteiger partial charge in [-0.3, -0.25) is 10.1 Å². The summed E-state index contributed by atoms with van der Waals surface area (Å²) < 4.78 is 0. The highest BCUT2D eigenvalue weighted by Crippen LogP contribution is 2.38. The summed E-state index contributed by atoms with van der Waals surface area (Å²) in [5, 5.41) is 14.9. The molecule has 1 fully saturated rings. The Morgan fingerprint density at radius 2 is 1.63 bits per heavy atom. The normalized spacial score (nSPS) is 17.7. The highest BCUT2D eigenvalue weighted by molar-refractivity contribution is 5.57. The van der Waals surface area contributed by atoms with Crippen molar-refractivity contribution in [1.82, 2.24) is 0 Å². The minimum atomic E-state index is -0.313. The zero-order valence-electron chi connectivity index (χ0n) is 20.9. The molecule has 0 radical (unpaired) electrons. The van der Waals surface area contributed by atoms with E-state index in [1.807, 2.05) is 24.3 Å². The third-order valence-corrected chi connectivity index (χ3v) is 7.53. The second kappa shape index (κ2) is 12.5. The fraction of sp³-hybridized carbons (Fsp3) is 0.419. The molecule has 0 aromatic heterocycles. The molecule has 1 aliphatic rings. The standard InChI is InChI=1S/C31H38N2O2/c1-2-3-5-8-24-11-15-27(16-12-24)28-17-13-25(14-18-28)21-29-22-30(33(34)35)19-20-31(29)32-23-26-9-6-4-7-10-26/h4,6-7,9-10,13-14,17-20,22,24,27,32H,2-3,5,8,11-12,15-16,21,23H2,1H3. The van der Waals surface area contributed by atoms with Crippen molar-refractivity contribution in [3.63, 3.8) is 0 Å². The maximum absolute atomic E-state index is 11.4. The van der Waals surface area contributed by atoms with Crippen molar-refractivity contribution in [2.75, 3.05) is 5.32 Å². The maximum atomic E-state index is 11.4. The number of unbranched alkanes of at least 4 members (excludes halogenated alkanes) is 2. The largest absolute Gasteiger partial charge is 0.381 e.